The molecule has 0 aromatic heterocycles. The zero-order valence-corrected chi connectivity index (χ0v) is 9.90. The molecule has 2 heterocycles. The smallest absolute Gasteiger partial charge is 0.175 e. The number of methoxy groups -OCH3 is 1. The number of aliphatic hydroxyl groups excluding tert-OH is 1. The molecule has 1 atom stereocenters. The molecule has 5 nitrogen and oxygen atoms in total. The van der Waals surface area contributed by atoms with Crippen LogP contribution in [0, 0.1) is 0 Å². The van der Waals surface area contributed by atoms with Crippen molar-refractivity contribution in [3.05, 3.63) is 22.8 Å². The topological polar surface area (TPSA) is 51.2 Å². The van der Waals surface area contributed by atoms with Crippen molar-refractivity contribution in [3.63, 3.8) is 0 Å². The van der Waals surface area contributed by atoms with Crippen molar-refractivity contribution in [2.45, 2.75) is 19.3 Å². The van der Waals surface area contributed by atoms with Gasteiger partial charge in [-0.1, -0.05) is 0 Å². The molecule has 5 heteroatoms. The highest BCUT2D eigenvalue weighted by Crippen LogP contribution is 2.43. The second-order valence-electron chi connectivity index (χ2n) is 4.51. The van der Waals surface area contributed by atoms with Crippen LogP contribution in [0.4, 0.5) is 0 Å². The van der Waals surface area contributed by atoms with Gasteiger partial charge in [0.1, 0.15) is 12.4 Å². The highest BCUT2D eigenvalue weighted by molar-refractivity contribution is 5.56. The maximum Gasteiger partial charge on any atom is 0.175 e. The third-order valence-electron chi connectivity index (χ3n) is 3.31. The summed E-state index contributed by atoms with van der Waals surface area (Å²) in [5.74, 6) is 1.44. The average Bonchev–Trinajstić information content (AvgIpc) is 2.74. The molecule has 92 valence electrons. The van der Waals surface area contributed by atoms with E-state index in [1.54, 1.807) is 7.11 Å². The summed E-state index contributed by atoms with van der Waals surface area (Å²) in [6.07, 6.45) is -0.507. The van der Waals surface area contributed by atoms with Crippen molar-refractivity contribution in [2.24, 2.45) is 0 Å². The third-order valence-corrected chi connectivity index (χ3v) is 3.31. The van der Waals surface area contributed by atoms with Gasteiger partial charge in [0, 0.05) is 18.7 Å². The Balaban J connectivity index is 2.19. The molecule has 1 aromatic rings. The maximum absolute atomic E-state index is 10.1. The maximum atomic E-state index is 10.1. The van der Waals surface area contributed by atoms with E-state index in [1.807, 2.05) is 13.1 Å². The summed E-state index contributed by atoms with van der Waals surface area (Å²) < 4.78 is 5.45. The van der Waals surface area contributed by atoms with Crippen LogP contribution in [0.2, 0.25) is 0 Å². The number of nitrogens with zero attached hydrogens (tertiary/aromatic N) is 1. The quantitative estimate of drug-likeness (QED) is 0.738. The molecule has 0 aliphatic carbocycles. The number of fused-ring (bicyclic) bond motifs is 2. The molecule has 1 N–H and O–H groups in total. The first-order chi connectivity index (χ1) is 8.20. The van der Waals surface area contributed by atoms with Gasteiger partial charge in [0.05, 0.1) is 18.8 Å². The minimum Gasteiger partial charge on any atom is -0.496 e. The highest BCUT2D eigenvalue weighted by Gasteiger charge is 2.31. The number of aliphatic hydroxyl groups is 1. The van der Waals surface area contributed by atoms with Crippen molar-refractivity contribution in [3.8, 4) is 11.5 Å². The Bertz CT molecular complexity index is 460. The predicted octanol–water partition coefficient (Wildman–Crippen LogP) is 0.998. The highest BCUT2D eigenvalue weighted by atomic mass is 17.2. The molecule has 0 bridgehead atoms. The fourth-order valence-electron chi connectivity index (χ4n) is 2.54. The standard InChI is InChI=1S/C12H15NO4/c1-13-4-8-7(10(14)5-13)3-11-9(6-16-17-11)12(8)15-2/h3,10,14H,4-6H2,1-2H3. The molecule has 0 saturated heterocycles. The number of hydrogen-bond acceptors (Lipinski definition) is 5. The van der Waals surface area contributed by atoms with Crippen molar-refractivity contribution in [1.29, 1.82) is 0 Å². The van der Waals surface area contributed by atoms with Crippen LogP contribution in [0.5, 0.6) is 11.5 Å². The summed E-state index contributed by atoms with van der Waals surface area (Å²) in [6.45, 7) is 1.78. The van der Waals surface area contributed by atoms with Gasteiger partial charge < -0.3 is 14.7 Å². The van der Waals surface area contributed by atoms with Gasteiger partial charge in [-0.15, -0.1) is 0 Å². The Hall–Kier alpha value is -1.30. The zero-order chi connectivity index (χ0) is 12.0. The predicted molar refractivity (Wildman–Crippen MR) is 59.7 cm³/mol. The summed E-state index contributed by atoms with van der Waals surface area (Å²) in [4.78, 5) is 12.1. The van der Waals surface area contributed by atoms with E-state index in [4.69, 9.17) is 14.5 Å². The molecule has 17 heavy (non-hydrogen) atoms. The fraction of sp³-hybridized carbons (Fsp3) is 0.500. The van der Waals surface area contributed by atoms with Crippen LogP contribution in [0.3, 0.4) is 0 Å². The van der Waals surface area contributed by atoms with Gasteiger partial charge in [-0.2, -0.15) is 4.89 Å². The average molecular weight is 237 g/mol. The molecule has 1 aromatic carbocycles. The van der Waals surface area contributed by atoms with E-state index >= 15 is 0 Å². The van der Waals surface area contributed by atoms with E-state index in [-0.39, 0.29) is 0 Å². The zero-order valence-electron chi connectivity index (χ0n) is 9.90. The van der Waals surface area contributed by atoms with E-state index in [0.29, 0.717) is 18.9 Å². The van der Waals surface area contributed by atoms with E-state index in [2.05, 4.69) is 4.90 Å². The molecule has 3 rings (SSSR count). The molecule has 0 fully saturated rings. The van der Waals surface area contributed by atoms with Gasteiger partial charge in [-0.25, -0.2) is 0 Å². The van der Waals surface area contributed by atoms with Crippen LogP contribution in [0.15, 0.2) is 6.07 Å². The van der Waals surface area contributed by atoms with Gasteiger partial charge in [-0.3, -0.25) is 4.90 Å². The number of likely N-dealkylation sites (N-methyl/N-ethyl adjacent to an activating group) is 1. The number of benzene rings is 1. The largest absolute Gasteiger partial charge is 0.496 e. The van der Waals surface area contributed by atoms with E-state index in [1.165, 1.54) is 0 Å². The third kappa shape index (κ3) is 1.58. The lowest BCUT2D eigenvalue weighted by Crippen LogP contribution is -2.30. The van der Waals surface area contributed by atoms with E-state index in [0.717, 1.165) is 29.0 Å². The minimum absolute atomic E-state index is 0.394. The molecule has 0 spiro atoms. The van der Waals surface area contributed by atoms with Crippen LogP contribution in [-0.4, -0.2) is 30.7 Å². The lowest BCUT2D eigenvalue weighted by molar-refractivity contribution is -0.194. The Morgan fingerprint density at radius 1 is 1.47 bits per heavy atom. The SMILES string of the molecule is COc1c2c(cc3c1CN(C)CC3O)OOC2. The fourth-order valence-corrected chi connectivity index (χ4v) is 2.54. The van der Waals surface area contributed by atoms with Crippen molar-refractivity contribution >= 4 is 0 Å². The molecule has 0 amide bonds. The molecular weight excluding hydrogens is 222 g/mol. The lowest BCUT2D eigenvalue weighted by atomic mass is 9.94. The van der Waals surface area contributed by atoms with E-state index < -0.39 is 6.10 Å². The number of β-amino-alcohol motifs (C(OH)–C–C–N with tert-alkyl or cyclic N) is 1. The van der Waals surface area contributed by atoms with Crippen molar-refractivity contribution in [2.75, 3.05) is 20.7 Å². The Kier molecular flexibility index (Phi) is 2.47. The molecule has 2 aliphatic rings. The van der Waals surface area contributed by atoms with Gasteiger partial charge in [0.2, 0.25) is 0 Å². The van der Waals surface area contributed by atoms with Gasteiger partial charge >= 0.3 is 0 Å². The molecule has 0 radical (unpaired) electrons. The molecule has 0 saturated carbocycles. The number of hydrogen-bond donors (Lipinski definition) is 1. The van der Waals surface area contributed by atoms with Crippen LogP contribution in [-0.2, 0) is 18.0 Å². The van der Waals surface area contributed by atoms with Crippen LogP contribution < -0.4 is 9.62 Å². The first-order valence-corrected chi connectivity index (χ1v) is 5.59. The number of rotatable bonds is 1. The first kappa shape index (κ1) is 10.8. The van der Waals surface area contributed by atoms with Crippen LogP contribution in [0.25, 0.3) is 0 Å². The molecular formula is C12H15NO4. The van der Waals surface area contributed by atoms with Gasteiger partial charge in [0.15, 0.2) is 5.75 Å². The number of ether oxygens (including phenoxy) is 1. The van der Waals surface area contributed by atoms with Gasteiger partial charge in [-0.05, 0) is 18.7 Å². The summed E-state index contributed by atoms with van der Waals surface area (Å²) >= 11 is 0. The Morgan fingerprint density at radius 2 is 2.29 bits per heavy atom. The molecule has 2 aliphatic heterocycles. The van der Waals surface area contributed by atoms with Crippen molar-refractivity contribution in [1.82, 2.24) is 4.90 Å². The Morgan fingerprint density at radius 3 is 3.06 bits per heavy atom. The Labute approximate surface area is 99.4 Å². The summed E-state index contributed by atoms with van der Waals surface area (Å²) in [7, 11) is 3.61. The van der Waals surface area contributed by atoms with E-state index in [9.17, 15) is 5.11 Å². The monoisotopic (exact) mass is 237 g/mol. The van der Waals surface area contributed by atoms with Crippen molar-refractivity contribution < 1.29 is 19.6 Å². The van der Waals surface area contributed by atoms with Crippen LogP contribution >= 0.6 is 0 Å². The summed E-state index contributed by atoms with van der Waals surface area (Å²) in [5.41, 5.74) is 2.83. The van der Waals surface area contributed by atoms with Gasteiger partial charge in [0.25, 0.3) is 0 Å². The minimum atomic E-state index is -0.507. The second-order valence-corrected chi connectivity index (χ2v) is 4.51. The van der Waals surface area contributed by atoms with Crippen LogP contribution in [0.1, 0.15) is 22.8 Å². The summed E-state index contributed by atoms with van der Waals surface area (Å²) in [6, 6.07) is 1.86. The normalized spacial score (nSPS) is 22.9. The summed E-state index contributed by atoms with van der Waals surface area (Å²) in [5, 5.41) is 10.1. The molecule has 1 unspecified atom stereocenters. The second kappa shape index (κ2) is 3.87. The first-order valence-electron chi connectivity index (χ1n) is 5.59. The lowest BCUT2D eigenvalue weighted by Gasteiger charge is -2.30.